The Labute approximate surface area is 184 Å². The van der Waals surface area contributed by atoms with E-state index in [1.54, 1.807) is 24.3 Å². The van der Waals surface area contributed by atoms with E-state index in [2.05, 4.69) is 15.2 Å². The Morgan fingerprint density at radius 1 is 1.03 bits per heavy atom. The molecule has 0 atom stereocenters. The van der Waals surface area contributed by atoms with Crippen LogP contribution in [0.2, 0.25) is 5.15 Å². The molecule has 0 fully saturated rings. The molecule has 31 heavy (non-hydrogen) atoms. The summed E-state index contributed by atoms with van der Waals surface area (Å²) in [6, 6.07) is 17.1. The van der Waals surface area contributed by atoms with Gasteiger partial charge in [-0.2, -0.15) is 10.2 Å². The van der Waals surface area contributed by atoms with E-state index in [-0.39, 0.29) is 17.1 Å². The SMILES string of the molecule is CS(=O)(=O)c1ccccc1N(Cc1ccc2ccc(Cl)nc2c1)C(=O)c1ccnnc1. The van der Waals surface area contributed by atoms with Gasteiger partial charge < -0.3 is 4.90 Å². The Hall–Kier alpha value is -3.36. The van der Waals surface area contributed by atoms with Crippen LogP contribution < -0.4 is 4.90 Å². The van der Waals surface area contributed by atoms with Crippen molar-refractivity contribution < 1.29 is 13.2 Å². The number of rotatable bonds is 5. The van der Waals surface area contributed by atoms with E-state index >= 15 is 0 Å². The van der Waals surface area contributed by atoms with E-state index in [0.29, 0.717) is 16.2 Å². The molecule has 0 radical (unpaired) electrons. The van der Waals surface area contributed by atoms with Crippen LogP contribution in [0.1, 0.15) is 15.9 Å². The monoisotopic (exact) mass is 452 g/mol. The van der Waals surface area contributed by atoms with Gasteiger partial charge in [-0.15, -0.1) is 0 Å². The Morgan fingerprint density at radius 2 is 1.81 bits per heavy atom. The van der Waals surface area contributed by atoms with Crippen molar-refractivity contribution in [2.24, 2.45) is 0 Å². The van der Waals surface area contributed by atoms with Crippen molar-refractivity contribution >= 4 is 43.9 Å². The van der Waals surface area contributed by atoms with E-state index in [9.17, 15) is 13.2 Å². The average Bonchev–Trinajstić information content (AvgIpc) is 2.77. The number of fused-ring (bicyclic) bond motifs is 1. The number of carbonyl (C=O) groups excluding carboxylic acids is 1. The zero-order valence-corrected chi connectivity index (χ0v) is 18.0. The van der Waals surface area contributed by atoms with Crippen LogP contribution in [0.3, 0.4) is 0 Å². The molecule has 0 spiro atoms. The molecular formula is C22H17ClN4O3S. The summed E-state index contributed by atoms with van der Waals surface area (Å²) in [6.07, 6.45) is 3.88. The summed E-state index contributed by atoms with van der Waals surface area (Å²) >= 11 is 6.02. The van der Waals surface area contributed by atoms with Gasteiger partial charge in [-0.1, -0.05) is 35.9 Å². The molecule has 0 unspecified atom stereocenters. The highest BCUT2D eigenvalue weighted by molar-refractivity contribution is 7.90. The van der Waals surface area contributed by atoms with Crippen LogP contribution in [0.4, 0.5) is 5.69 Å². The number of halogens is 1. The van der Waals surface area contributed by atoms with Crippen LogP contribution >= 0.6 is 11.6 Å². The Bertz CT molecular complexity index is 1380. The van der Waals surface area contributed by atoms with Gasteiger partial charge in [0.05, 0.1) is 40.6 Å². The third-order valence-corrected chi connectivity index (χ3v) is 6.05. The third-order valence-electron chi connectivity index (χ3n) is 4.70. The predicted molar refractivity (Wildman–Crippen MR) is 119 cm³/mol. The smallest absolute Gasteiger partial charge is 0.260 e. The van der Waals surface area contributed by atoms with Crippen LogP contribution in [-0.4, -0.2) is 35.8 Å². The molecule has 4 rings (SSSR count). The molecule has 7 nitrogen and oxygen atoms in total. The predicted octanol–water partition coefficient (Wildman–Crippen LogP) is 3.93. The van der Waals surface area contributed by atoms with Gasteiger partial charge in [0.15, 0.2) is 9.84 Å². The number of anilines is 1. The highest BCUT2D eigenvalue weighted by atomic mass is 35.5. The highest BCUT2D eigenvalue weighted by Crippen LogP contribution is 2.29. The number of hydrogen-bond donors (Lipinski definition) is 0. The summed E-state index contributed by atoms with van der Waals surface area (Å²) in [6.45, 7) is 0.123. The van der Waals surface area contributed by atoms with Crippen LogP contribution in [-0.2, 0) is 16.4 Å². The first-order valence-electron chi connectivity index (χ1n) is 9.26. The number of nitrogens with zero attached hydrogens (tertiary/aromatic N) is 4. The molecular weight excluding hydrogens is 436 g/mol. The number of para-hydroxylation sites is 1. The fourth-order valence-corrected chi connectivity index (χ4v) is 4.29. The minimum Gasteiger partial charge on any atom is -0.303 e. The van der Waals surface area contributed by atoms with Crippen LogP contribution in [0.25, 0.3) is 10.9 Å². The fraction of sp³-hybridized carbons (Fsp3) is 0.0909. The first kappa shape index (κ1) is 20.9. The summed E-state index contributed by atoms with van der Waals surface area (Å²) in [7, 11) is -3.58. The van der Waals surface area contributed by atoms with E-state index in [4.69, 9.17) is 11.6 Å². The van der Waals surface area contributed by atoms with Crippen molar-refractivity contribution in [1.82, 2.24) is 15.2 Å². The molecule has 0 saturated heterocycles. The van der Waals surface area contributed by atoms with Crippen molar-refractivity contribution in [3.63, 3.8) is 0 Å². The maximum atomic E-state index is 13.4. The lowest BCUT2D eigenvalue weighted by atomic mass is 10.1. The third kappa shape index (κ3) is 4.55. The number of aromatic nitrogens is 3. The van der Waals surface area contributed by atoms with Gasteiger partial charge in [-0.25, -0.2) is 13.4 Å². The molecule has 0 aliphatic carbocycles. The van der Waals surface area contributed by atoms with Crippen molar-refractivity contribution in [3.05, 3.63) is 89.3 Å². The molecule has 0 aliphatic rings. The minimum absolute atomic E-state index is 0.0623. The number of sulfone groups is 1. The Kier molecular flexibility index (Phi) is 5.67. The maximum Gasteiger partial charge on any atom is 0.260 e. The second-order valence-electron chi connectivity index (χ2n) is 6.92. The fourth-order valence-electron chi connectivity index (χ4n) is 3.25. The Balaban J connectivity index is 1.83. The van der Waals surface area contributed by atoms with Crippen molar-refractivity contribution in [1.29, 1.82) is 0 Å². The van der Waals surface area contributed by atoms with Gasteiger partial charge in [-0.05, 0) is 42.0 Å². The first-order valence-corrected chi connectivity index (χ1v) is 11.5. The van der Waals surface area contributed by atoms with Gasteiger partial charge >= 0.3 is 0 Å². The molecule has 2 aromatic carbocycles. The van der Waals surface area contributed by atoms with Crippen molar-refractivity contribution in [3.8, 4) is 0 Å². The largest absolute Gasteiger partial charge is 0.303 e. The van der Waals surface area contributed by atoms with E-state index in [1.165, 1.54) is 29.4 Å². The number of amides is 1. The van der Waals surface area contributed by atoms with Crippen LogP contribution in [0.5, 0.6) is 0 Å². The summed E-state index contributed by atoms with van der Waals surface area (Å²) in [5.41, 5.74) is 2.02. The normalized spacial score (nSPS) is 11.4. The lowest BCUT2D eigenvalue weighted by Crippen LogP contribution is -2.31. The molecule has 0 N–H and O–H groups in total. The zero-order valence-electron chi connectivity index (χ0n) is 16.4. The topological polar surface area (TPSA) is 93.1 Å². The zero-order chi connectivity index (χ0) is 22.0. The van der Waals surface area contributed by atoms with Crippen molar-refractivity contribution in [2.45, 2.75) is 11.4 Å². The summed E-state index contributed by atoms with van der Waals surface area (Å²) < 4.78 is 24.8. The van der Waals surface area contributed by atoms with E-state index < -0.39 is 15.7 Å². The van der Waals surface area contributed by atoms with E-state index in [1.807, 2.05) is 24.3 Å². The standard InChI is InChI=1S/C22H17ClN4O3S/c1-31(29,30)20-5-3-2-4-19(20)27(22(28)17-10-11-24-25-13-17)14-15-6-7-16-8-9-21(23)26-18(16)12-15/h2-13H,14H2,1H3. The molecule has 9 heteroatoms. The first-order chi connectivity index (χ1) is 14.8. The average molecular weight is 453 g/mol. The molecule has 2 aromatic heterocycles. The number of benzene rings is 2. The highest BCUT2D eigenvalue weighted by Gasteiger charge is 2.24. The molecule has 4 aromatic rings. The molecule has 0 bridgehead atoms. The second-order valence-corrected chi connectivity index (χ2v) is 9.29. The molecule has 2 heterocycles. The van der Waals surface area contributed by atoms with Gasteiger partial charge in [0, 0.05) is 11.6 Å². The maximum absolute atomic E-state index is 13.4. The summed E-state index contributed by atoms with van der Waals surface area (Å²) in [5.74, 6) is -0.398. The molecule has 0 saturated carbocycles. The van der Waals surface area contributed by atoms with Gasteiger partial charge in [0.25, 0.3) is 5.91 Å². The van der Waals surface area contributed by atoms with Crippen LogP contribution in [0.15, 0.2) is 78.0 Å². The van der Waals surface area contributed by atoms with Gasteiger partial charge in [0.2, 0.25) is 0 Å². The summed E-state index contributed by atoms with van der Waals surface area (Å²) in [4.78, 5) is 19.2. The summed E-state index contributed by atoms with van der Waals surface area (Å²) in [5, 5.41) is 8.74. The Morgan fingerprint density at radius 3 is 2.55 bits per heavy atom. The molecule has 156 valence electrons. The minimum atomic E-state index is -3.58. The van der Waals surface area contributed by atoms with Crippen LogP contribution in [0, 0.1) is 0 Å². The number of carbonyl (C=O) groups is 1. The van der Waals surface area contributed by atoms with Crippen molar-refractivity contribution in [2.75, 3.05) is 11.2 Å². The van der Waals surface area contributed by atoms with Gasteiger partial charge in [-0.3, -0.25) is 4.79 Å². The van der Waals surface area contributed by atoms with Gasteiger partial charge in [0.1, 0.15) is 5.15 Å². The number of pyridine rings is 1. The number of hydrogen-bond acceptors (Lipinski definition) is 6. The quantitative estimate of drug-likeness (QED) is 0.426. The molecule has 0 aliphatic heterocycles. The van der Waals surface area contributed by atoms with E-state index in [0.717, 1.165) is 17.2 Å². The molecule has 1 amide bonds. The second kappa shape index (κ2) is 8.41. The lowest BCUT2D eigenvalue weighted by molar-refractivity contribution is 0.0984. The lowest BCUT2D eigenvalue weighted by Gasteiger charge is -2.25.